The van der Waals surface area contributed by atoms with E-state index in [0.29, 0.717) is 23.0 Å². The molecule has 1 fully saturated rings. The van der Waals surface area contributed by atoms with Gasteiger partial charge in [-0.05, 0) is 48.8 Å². The van der Waals surface area contributed by atoms with E-state index in [1.165, 1.54) is 6.42 Å². The van der Waals surface area contributed by atoms with E-state index < -0.39 is 0 Å². The Morgan fingerprint density at radius 2 is 1.96 bits per heavy atom. The molecule has 0 radical (unpaired) electrons. The highest BCUT2D eigenvalue weighted by Gasteiger charge is 2.29. The first kappa shape index (κ1) is 17.3. The number of hydrazone groups is 1. The predicted octanol–water partition coefficient (Wildman–Crippen LogP) is 3.64. The summed E-state index contributed by atoms with van der Waals surface area (Å²) in [7, 11) is 3.11. The number of amides is 1. The number of benzene rings is 1. The van der Waals surface area contributed by atoms with Crippen molar-refractivity contribution in [2.45, 2.75) is 40.0 Å². The molecule has 1 unspecified atom stereocenters. The number of rotatable bonds is 4. The standard InChI is InChI=1S/C18H26N2O3/c1-12-8-14(11-18(2,3)10-12)19-20-17(21)13-6-7-15(22-4)16(9-13)23-5/h6-7,9,12H,8,10-11H2,1-5H3,(H,20,21)/b19-14-. The van der Waals surface area contributed by atoms with Gasteiger partial charge in [0.05, 0.1) is 14.2 Å². The summed E-state index contributed by atoms with van der Waals surface area (Å²) in [6.07, 6.45) is 3.05. The van der Waals surface area contributed by atoms with Gasteiger partial charge in [0, 0.05) is 11.3 Å². The van der Waals surface area contributed by atoms with Crippen LogP contribution in [0, 0.1) is 11.3 Å². The lowest BCUT2D eigenvalue weighted by atomic mass is 9.72. The summed E-state index contributed by atoms with van der Waals surface area (Å²) in [6.45, 7) is 6.72. The zero-order valence-corrected chi connectivity index (χ0v) is 14.6. The average Bonchev–Trinajstić information content (AvgIpc) is 2.50. The van der Waals surface area contributed by atoms with E-state index in [9.17, 15) is 4.79 Å². The first-order valence-electron chi connectivity index (χ1n) is 7.92. The quantitative estimate of drug-likeness (QED) is 0.862. The van der Waals surface area contributed by atoms with Crippen LogP contribution in [0.1, 0.15) is 50.4 Å². The van der Waals surface area contributed by atoms with Gasteiger partial charge in [-0.1, -0.05) is 20.8 Å². The molecular weight excluding hydrogens is 292 g/mol. The van der Waals surface area contributed by atoms with Crippen LogP contribution in [0.4, 0.5) is 0 Å². The molecule has 5 heteroatoms. The van der Waals surface area contributed by atoms with E-state index in [1.54, 1.807) is 32.4 Å². The lowest BCUT2D eigenvalue weighted by Gasteiger charge is -2.34. The molecule has 0 aliphatic heterocycles. The SMILES string of the molecule is COc1ccc(C(=O)N/N=C2/CC(C)CC(C)(C)C2)cc1OC. The van der Waals surface area contributed by atoms with Gasteiger partial charge in [0.2, 0.25) is 0 Å². The maximum atomic E-state index is 12.3. The van der Waals surface area contributed by atoms with Crippen molar-refractivity contribution in [3.63, 3.8) is 0 Å². The van der Waals surface area contributed by atoms with Gasteiger partial charge in [-0.15, -0.1) is 0 Å². The molecule has 0 spiro atoms. The number of nitrogens with zero attached hydrogens (tertiary/aromatic N) is 1. The normalized spacial score (nSPS) is 21.8. The van der Waals surface area contributed by atoms with Gasteiger partial charge in [0.25, 0.3) is 5.91 Å². The van der Waals surface area contributed by atoms with Crippen LogP contribution in [-0.2, 0) is 0 Å². The Labute approximate surface area is 138 Å². The van der Waals surface area contributed by atoms with Crippen LogP contribution in [-0.4, -0.2) is 25.8 Å². The molecule has 2 rings (SSSR count). The van der Waals surface area contributed by atoms with Crippen LogP contribution in [0.2, 0.25) is 0 Å². The second-order valence-electron chi connectivity index (χ2n) is 7.04. The van der Waals surface area contributed by atoms with Crippen LogP contribution < -0.4 is 14.9 Å². The van der Waals surface area contributed by atoms with Crippen LogP contribution in [0.3, 0.4) is 0 Å². The summed E-state index contributed by atoms with van der Waals surface area (Å²) < 4.78 is 10.4. The van der Waals surface area contributed by atoms with Crippen molar-refractivity contribution < 1.29 is 14.3 Å². The molecule has 1 aromatic carbocycles. The molecule has 1 aliphatic rings. The van der Waals surface area contributed by atoms with E-state index in [-0.39, 0.29) is 11.3 Å². The Morgan fingerprint density at radius 1 is 1.26 bits per heavy atom. The third-order valence-corrected chi connectivity index (χ3v) is 4.13. The zero-order chi connectivity index (χ0) is 17.0. The number of nitrogens with one attached hydrogen (secondary N) is 1. The largest absolute Gasteiger partial charge is 0.493 e. The fourth-order valence-corrected chi connectivity index (χ4v) is 3.37. The molecule has 1 aromatic rings. The number of carbonyl (C=O) groups excluding carboxylic acids is 1. The molecule has 0 aromatic heterocycles. The molecule has 0 heterocycles. The van der Waals surface area contributed by atoms with Crippen molar-refractivity contribution in [3.05, 3.63) is 23.8 Å². The molecule has 23 heavy (non-hydrogen) atoms. The van der Waals surface area contributed by atoms with Gasteiger partial charge in [-0.25, -0.2) is 5.43 Å². The smallest absolute Gasteiger partial charge is 0.271 e. The van der Waals surface area contributed by atoms with E-state index in [1.807, 2.05) is 0 Å². The maximum absolute atomic E-state index is 12.3. The minimum Gasteiger partial charge on any atom is -0.493 e. The molecule has 126 valence electrons. The molecule has 0 bridgehead atoms. The fraction of sp³-hybridized carbons (Fsp3) is 0.556. The Bertz CT molecular complexity index is 608. The number of hydrogen-bond acceptors (Lipinski definition) is 4. The monoisotopic (exact) mass is 318 g/mol. The first-order chi connectivity index (χ1) is 10.8. The summed E-state index contributed by atoms with van der Waals surface area (Å²) in [5.41, 5.74) is 4.46. The highest BCUT2D eigenvalue weighted by atomic mass is 16.5. The lowest BCUT2D eigenvalue weighted by molar-refractivity contribution is 0.0953. The van der Waals surface area contributed by atoms with Crippen LogP contribution in [0.5, 0.6) is 11.5 Å². The highest BCUT2D eigenvalue weighted by Crippen LogP contribution is 2.36. The van der Waals surface area contributed by atoms with Gasteiger partial charge in [0.1, 0.15) is 0 Å². The Kier molecular flexibility index (Phi) is 5.29. The fourth-order valence-electron chi connectivity index (χ4n) is 3.37. The minimum atomic E-state index is -0.241. The summed E-state index contributed by atoms with van der Waals surface area (Å²) in [6, 6.07) is 5.07. The molecular formula is C18H26N2O3. The van der Waals surface area contributed by atoms with Crippen molar-refractivity contribution in [2.24, 2.45) is 16.4 Å². The van der Waals surface area contributed by atoms with Gasteiger partial charge >= 0.3 is 0 Å². The number of hydrogen-bond donors (Lipinski definition) is 1. The van der Waals surface area contributed by atoms with Gasteiger partial charge in [0.15, 0.2) is 11.5 Å². The third kappa shape index (κ3) is 4.47. The second kappa shape index (κ2) is 7.02. The van der Waals surface area contributed by atoms with Crippen molar-refractivity contribution in [1.29, 1.82) is 0 Å². The van der Waals surface area contributed by atoms with Crippen molar-refractivity contribution >= 4 is 11.6 Å². The van der Waals surface area contributed by atoms with Crippen LogP contribution in [0.25, 0.3) is 0 Å². The Morgan fingerprint density at radius 3 is 2.57 bits per heavy atom. The Hall–Kier alpha value is -2.04. The molecule has 5 nitrogen and oxygen atoms in total. The van der Waals surface area contributed by atoms with Crippen molar-refractivity contribution in [1.82, 2.24) is 5.43 Å². The average molecular weight is 318 g/mol. The summed E-state index contributed by atoms with van der Waals surface area (Å²) in [5, 5.41) is 4.35. The number of ether oxygens (including phenoxy) is 2. The second-order valence-corrected chi connectivity index (χ2v) is 7.04. The van der Waals surface area contributed by atoms with E-state index >= 15 is 0 Å². The van der Waals surface area contributed by atoms with Crippen LogP contribution >= 0.6 is 0 Å². The lowest BCUT2D eigenvalue weighted by Crippen LogP contribution is -2.30. The summed E-state index contributed by atoms with van der Waals surface area (Å²) in [4.78, 5) is 12.3. The molecule has 1 saturated carbocycles. The summed E-state index contributed by atoms with van der Waals surface area (Å²) >= 11 is 0. The zero-order valence-electron chi connectivity index (χ0n) is 14.6. The summed E-state index contributed by atoms with van der Waals surface area (Å²) in [5.74, 6) is 1.48. The number of methoxy groups -OCH3 is 2. The third-order valence-electron chi connectivity index (χ3n) is 4.13. The van der Waals surface area contributed by atoms with Crippen molar-refractivity contribution in [3.8, 4) is 11.5 Å². The van der Waals surface area contributed by atoms with Gasteiger partial charge in [-0.3, -0.25) is 4.79 Å². The van der Waals surface area contributed by atoms with Gasteiger partial charge in [-0.2, -0.15) is 5.10 Å². The van der Waals surface area contributed by atoms with E-state index in [2.05, 4.69) is 31.3 Å². The molecule has 1 aliphatic carbocycles. The Balaban J connectivity index is 2.08. The van der Waals surface area contributed by atoms with E-state index in [0.717, 1.165) is 18.6 Å². The minimum absolute atomic E-state index is 0.241. The van der Waals surface area contributed by atoms with Crippen molar-refractivity contribution in [2.75, 3.05) is 14.2 Å². The maximum Gasteiger partial charge on any atom is 0.271 e. The predicted molar refractivity (Wildman–Crippen MR) is 91.2 cm³/mol. The van der Waals surface area contributed by atoms with E-state index in [4.69, 9.17) is 9.47 Å². The van der Waals surface area contributed by atoms with Crippen LogP contribution in [0.15, 0.2) is 23.3 Å². The number of carbonyl (C=O) groups is 1. The topological polar surface area (TPSA) is 59.9 Å². The molecule has 0 saturated heterocycles. The molecule has 1 atom stereocenters. The molecule has 1 amide bonds. The first-order valence-corrected chi connectivity index (χ1v) is 7.92. The highest BCUT2D eigenvalue weighted by molar-refractivity contribution is 5.96. The van der Waals surface area contributed by atoms with Gasteiger partial charge < -0.3 is 9.47 Å². The molecule has 1 N–H and O–H groups in total.